The fraction of sp³-hybridized carbons (Fsp3) is 0.286. The lowest BCUT2D eigenvalue weighted by Crippen LogP contribution is -2.24. The van der Waals surface area contributed by atoms with E-state index in [1.165, 1.54) is 18.5 Å². The van der Waals surface area contributed by atoms with Crippen LogP contribution in [0.5, 0.6) is 0 Å². The highest BCUT2D eigenvalue weighted by Gasteiger charge is 2.34. The van der Waals surface area contributed by atoms with Crippen molar-refractivity contribution in [2.45, 2.75) is 19.1 Å². The number of hydrogen-bond acceptors (Lipinski definition) is 3. The fourth-order valence-corrected chi connectivity index (χ4v) is 1.96. The van der Waals surface area contributed by atoms with E-state index in [0.29, 0.717) is 17.9 Å². The van der Waals surface area contributed by atoms with Crippen LogP contribution in [0.2, 0.25) is 0 Å². The zero-order valence-electron chi connectivity index (χ0n) is 11.2. The monoisotopic (exact) mass is 299 g/mol. The molecule has 112 valence electrons. The third-order valence-electron chi connectivity index (χ3n) is 2.88. The Morgan fingerprint density at radius 1 is 1.19 bits per heavy atom. The second-order valence-electron chi connectivity index (χ2n) is 4.33. The average Bonchev–Trinajstić information content (AvgIpc) is 2.44. The van der Waals surface area contributed by atoms with Gasteiger partial charge in [0.1, 0.15) is 11.6 Å². The number of aromatic nitrogens is 2. The first-order chi connectivity index (χ1) is 9.93. The number of benzene rings is 1. The lowest BCUT2D eigenvalue weighted by atomic mass is 10.0. The third kappa shape index (κ3) is 3.55. The summed E-state index contributed by atoms with van der Waals surface area (Å²) in [6.07, 6.45) is -1.67. The van der Waals surface area contributed by atoms with Gasteiger partial charge in [-0.2, -0.15) is 13.2 Å². The Morgan fingerprint density at radius 2 is 1.86 bits per heavy atom. The molecule has 1 unspecified atom stereocenters. The molecule has 0 radical (unpaired) electrons. The van der Waals surface area contributed by atoms with Crippen molar-refractivity contribution < 1.29 is 17.6 Å². The van der Waals surface area contributed by atoms with Gasteiger partial charge >= 0.3 is 6.18 Å². The minimum Gasteiger partial charge on any atom is -0.304 e. The van der Waals surface area contributed by atoms with Crippen molar-refractivity contribution in [2.75, 3.05) is 6.54 Å². The second kappa shape index (κ2) is 6.17. The van der Waals surface area contributed by atoms with Crippen LogP contribution in [0.15, 0.2) is 36.7 Å². The molecule has 0 bridgehead atoms. The molecule has 0 amide bonds. The SMILES string of the molecule is CCNC(c1ccc(C(F)(F)F)c(F)c1)c1ncccn1. The third-order valence-corrected chi connectivity index (χ3v) is 2.88. The maximum absolute atomic E-state index is 13.7. The summed E-state index contributed by atoms with van der Waals surface area (Å²) in [4.78, 5) is 8.11. The van der Waals surface area contributed by atoms with E-state index in [4.69, 9.17) is 0 Å². The summed E-state index contributed by atoms with van der Waals surface area (Å²) in [6, 6.07) is 3.90. The highest BCUT2D eigenvalue weighted by molar-refractivity contribution is 5.31. The molecule has 0 aliphatic rings. The van der Waals surface area contributed by atoms with Gasteiger partial charge in [-0.05, 0) is 30.3 Å². The van der Waals surface area contributed by atoms with Crippen LogP contribution in [0.1, 0.15) is 29.9 Å². The molecule has 1 aromatic heterocycles. The number of nitrogens with one attached hydrogen (secondary N) is 1. The molecule has 1 aromatic carbocycles. The molecule has 7 heteroatoms. The molecule has 1 atom stereocenters. The summed E-state index contributed by atoms with van der Waals surface area (Å²) >= 11 is 0. The van der Waals surface area contributed by atoms with Gasteiger partial charge in [0, 0.05) is 12.4 Å². The minimum atomic E-state index is -4.71. The number of nitrogens with zero attached hydrogens (tertiary/aromatic N) is 2. The highest BCUT2D eigenvalue weighted by atomic mass is 19.4. The standard InChI is InChI=1S/C14H13F4N3/c1-2-19-12(13-20-6-3-7-21-13)9-4-5-10(11(15)8-9)14(16,17)18/h3-8,12,19H,2H2,1H3. The molecule has 0 aliphatic heterocycles. The zero-order valence-corrected chi connectivity index (χ0v) is 11.2. The van der Waals surface area contributed by atoms with E-state index in [1.807, 2.05) is 6.92 Å². The van der Waals surface area contributed by atoms with Gasteiger partial charge in [-0.1, -0.05) is 13.0 Å². The Bertz CT molecular complexity index is 599. The molecule has 2 aromatic rings. The molecule has 0 fully saturated rings. The van der Waals surface area contributed by atoms with E-state index < -0.39 is 23.6 Å². The van der Waals surface area contributed by atoms with Crippen LogP contribution in [0.25, 0.3) is 0 Å². The molecule has 0 spiro atoms. The maximum Gasteiger partial charge on any atom is 0.419 e. The van der Waals surface area contributed by atoms with Gasteiger partial charge in [-0.3, -0.25) is 0 Å². The first-order valence-electron chi connectivity index (χ1n) is 6.30. The van der Waals surface area contributed by atoms with E-state index in [9.17, 15) is 17.6 Å². The molecular weight excluding hydrogens is 286 g/mol. The van der Waals surface area contributed by atoms with Gasteiger partial charge in [0.15, 0.2) is 0 Å². The van der Waals surface area contributed by atoms with Crippen molar-refractivity contribution in [3.63, 3.8) is 0 Å². The average molecular weight is 299 g/mol. The Morgan fingerprint density at radius 3 is 2.38 bits per heavy atom. The first-order valence-corrected chi connectivity index (χ1v) is 6.30. The lowest BCUT2D eigenvalue weighted by molar-refractivity contribution is -0.140. The van der Waals surface area contributed by atoms with Crippen LogP contribution in [-0.4, -0.2) is 16.5 Å². The van der Waals surface area contributed by atoms with Crippen LogP contribution < -0.4 is 5.32 Å². The molecule has 0 saturated heterocycles. The van der Waals surface area contributed by atoms with Gasteiger partial charge in [0.2, 0.25) is 0 Å². The molecule has 3 nitrogen and oxygen atoms in total. The summed E-state index contributed by atoms with van der Waals surface area (Å²) in [5.41, 5.74) is -0.941. The van der Waals surface area contributed by atoms with Gasteiger partial charge in [-0.25, -0.2) is 14.4 Å². The van der Waals surface area contributed by atoms with Crippen molar-refractivity contribution in [3.8, 4) is 0 Å². The van der Waals surface area contributed by atoms with Crippen LogP contribution in [0.3, 0.4) is 0 Å². The van der Waals surface area contributed by atoms with Crippen LogP contribution in [0, 0.1) is 5.82 Å². The van der Waals surface area contributed by atoms with E-state index in [2.05, 4.69) is 15.3 Å². The number of alkyl halides is 3. The second-order valence-corrected chi connectivity index (χ2v) is 4.33. The molecular formula is C14H13F4N3. The van der Waals surface area contributed by atoms with Gasteiger partial charge in [-0.15, -0.1) is 0 Å². The predicted octanol–water partition coefficient (Wildman–Crippen LogP) is 3.33. The fourth-order valence-electron chi connectivity index (χ4n) is 1.96. The van der Waals surface area contributed by atoms with Crippen molar-refractivity contribution in [1.82, 2.24) is 15.3 Å². The topological polar surface area (TPSA) is 37.8 Å². The minimum absolute atomic E-state index is 0.341. The highest BCUT2D eigenvalue weighted by Crippen LogP contribution is 2.32. The normalized spacial score (nSPS) is 13.2. The summed E-state index contributed by atoms with van der Waals surface area (Å²) in [7, 11) is 0. The maximum atomic E-state index is 13.7. The summed E-state index contributed by atoms with van der Waals surface area (Å²) in [5, 5.41) is 3.03. The van der Waals surface area contributed by atoms with Crippen molar-refractivity contribution in [1.29, 1.82) is 0 Å². The van der Waals surface area contributed by atoms with Gasteiger partial charge in [0.25, 0.3) is 0 Å². The number of hydrogen-bond donors (Lipinski definition) is 1. The molecule has 2 rings (SSSR count). The van der Waals surface area contributed by atoms with E-state index in [-0.39, 0.29) is 0 Å². The lowest BCUT2D eigenvalue weighted by Gasteiger charge is -2.18. The van der Waals surface area contributed by atoms with Gasteiger partial charge in [0.05, 0.1) is 11.6 Å². The van der Waals surface area contributed by atoms with Crippen LogP contribution in [0.4, 0.5) is 17.6 Å². The largest absolute Gasteiger partial charge is 0.419 e. The molecule has 1 heterocycles. The van der Waals surface area contributed by atoms with E-state index in [0.717, 1.165) is 12.1 Å². The van der Waals surface area contributed by atoms with Crippen LogP contribution in [-0.2, 0) is 6.18 Å². The van der Waals surface area contributed by atoms with Crippen molar-refractivity contribution >= 4 is 0 Å². The molecule has 21 heavy (non-hydrogen) atoms. The smallest absolute Gasteiger partial charge is 0.304 e. The summed E-state index contributed by atoms with van der Waals surface area (Å²) in [6.45, 7) is 2.36. The Kier molecular flexibility index (Phi) is 4.52. The first kappa shape index (κ1) is 15.4. The van der Waals surface area contributed by atoms with Crippen LogP contribution >= 0.6 is 0 Å². The molecule has 0 saturated carbocycles. The predicted molar refractivity (Wildman–Crippen MR) is 69.0 cm³/mol. The summed E-state index contributed by atoms with van der Waals surface area (Å²) < 4.78 is 51.4. The Labute approximate surface area is 119 Å². The summed E-state index contributed by atoms with van der Waals surface area (Å²) in [5.74, 6) is -0.933. The van der Waals surface area contributed by atoms with E-state index >= 15 is 0 Å². The van der Waals surface area contributed by atoms with Crippen molar-refractivity contribution in [2.24, 2.45) is 0 Å². The number of halogens is 4. The van der Waals surface area contributed by atoms with Crippen molar-refractivity contribution in [3.05, 3.63) is 59.4 Å². The number of rotatable bonds is 4. The van der Waals surface area contributed by atoms with E-state index in [1.54, 1.807) is 6.07 Å². The molecule has 1 N–H and O–H groups in total. The zero-order chi connectivity index (χ0) is 15.5. The molecule has 0 aliphatic carbocycles. The quantitative estimate of drug-likeness (QED) is 0.880. The Hall–Kier alpha value is -2.02. The Balaban J connectivity index is 2.41. The van der Waals surface area contributed by atoms with Gasteiger partial charge < -0.3 is 5.32 Å².